The van der Waals surface area contributed by atoms with Gasteiger partial charge in [-0.25, -0.2) is 0 Å². The molecule has 0 aromatic heterocycles. The first-order valence-electron chi connectivity index (χ1n) is 6.31. The van der Waals surface area contributed by atoms with E-state index in [1.165, 1.54) is 11.1 Å². The molecule has 0 saturated heterocycles. The molecule has 19 heavy (non-hydrogen) atoms. The molecule has 0 amide bonds. The average molecular weight is 272 g/mol. The summed E-state index contributed by atoms with van der Waals surface area (Å²) >= 11 is 5.84. The van der Waals surface area contributed by atoms with Crippen molar-refractivity contribution in [1.29, 1.82) is 0 Å². The second-order valence-electron chi connectivity index (χ2n) is 4.96. The van der Waals surface area contributed by atoms with Crippen LogP contribution in [-0.2, 0) is 6.42 Å². The molecule has 1 aliphatic rings. The Morgan fingerprint density at radius 3 is 2.79 bits per heavy atom. The third kappa shape index (κ3) is 2.24. The third-order valence-electron chi connectivity index (χ3n) is 3.71. The summed E-state index contributed by atoms with van der Waals surface area (Å²) in [5, 5.41) is 0.558. The van der Waals surface area contributed by atoms with Crippen molar-refractivity contribution in [1.82, 2.24) is 0 Å². The van der Waals surface area contributed by atoms with Crippen molar-refractivity contribution in [3.05, 3.63) is 64.2 Å². The highest BCUT2D eigenvalue weighted by atomic mass is 35.5. The molecule has 0 saturated carbocycles. The van der Waals surface area contributed by atoms with Gasteiger partial charge in [-0.3, -0.25) is 4.79 Å². The van der Waals surface area contributed by atoms with Crippen LogP contribution in [0.25, 0.3) is 0 Å². The number of rotatable bonds is 3. The van der Waals surface area contributed by atoms with E-state index in [1.54, 1.807) is 18.2 Å². The van der Waals surface area contributed by atoms with E-state index in [2.05, 4.69) is 12.1 Å². The molecule has 2 N–H and O–H groups in total. The predicted octanol–water partition coefficient (Wildman–Crippen LogP) is 3.83. The third-order valence-corrected chi connectivity index (χ3v) is 3.94. The van der Waals surface area contributed by atoms with Crippen LogP contribution >= 0.6 is 11.6 Å². The van der Waals surface area contributed by atoms with Crippen LogP contribution in [0.1, 0.15) is 33.8 Å². The minimum atomic E-state index is 0.0914. The molecule has 0 aliphatic heterocycles. The molecule has 0 bridgehead atoms. The minimum Gasteiger partial charge on any atom is -0.398 e. The zero-order chi connectivity index (χ0) is 13.4. The number of halogens is 1. The Morgan fingerprint density at radius 2 is 2.05 bits per heavy atom. The van der Waals surface area contributed by atoms with E-state index in [0.717, 1.165) is 6.42 Å². The van der Waals surface area contributed by atoms with Crippen LogP contribution in [0.5, 0.6) is 0 Å². The van der Waals surface area contributed by atoms with E-state index < -0.39 is 0 Å². The molecule has 2 aromatic carbocycles. The molecular formula is C16H14ClNO. The number of nitrogen functional groups attached to an aromatic ring is 1. The number of hydrogen-bond donors (Lipinski definition) is 1. The van der Waals surface area contributed by atoms with E-state index in [0.29, 0.717) is 28.6 Å². The van der Waals surface area contributed by atoms with E-state index in [-0.39, 0.29) is 5.78 Å². The summed E-state index contributed by atoms with van der Waals surface area (Å²) in [5.74, 6) is 0.424. The van der Waals surface area contributed by atoms with Gasteiger partial charge in [-0.15, -0.1) is 0 Å². The lowest BCUT2D eigenvalue weighted by atomic mass is 9.74. The largest absolute Gasteiger partial charge is 0.398 e. The molecular weight excluding hydrogens is 258 g/mol. The molecule has 1 unspecified atom stereocenters. The van der Waals surface area contributed by atoms with E-state index in [1.807, 2.05) is 12.1 Å². The van der Waals surface area contributed by atoms with E-state index in [9.17, 15) is 4.79 Å². The molecule has 0 spiro atoms. The van der Waals surface area contributed by atoms with Gasteiger partial charge in [-0.1, -0.05) is 35.9 Å². The fourth-order valence-electron chi connectivity index (χ4n) is 2.67. The van der Waals surface area contributed by atoms with Gasteiger partial charge in [0.15, 0.2) is 5.78 Å². The monoisotopic (exact) mass is 271 g/mol. The molecule has 2 nitrogen and oxygen atoms in total. The first-order chi connectivity index (χ1) is 9.15. The lowest BCUT2D eigenvalue weighted by Crippen LogP contribution is -2.20. The Morgan fingerprint density at radius 1 is 1.26 bits per heavy atom. The van der Waals surface area contributed by atoms with Gasteiger partial charge in [-0.05, 0) is 41.7 Å². The normalized spacial score (nSPS) is 16.6. The zero-order valence-corrected chi connectivity index (χ0v) is 11.2. The number of fused-ring (bicyclic) bond motifs is 1. The van der Waals surface area contributed by atoms with Crippen LogP contribution < -0.4 is 5.73 Å². The van der Waals surface area contributed by atoms with Crippen molar-refractivity contribution in [3.8, 4) is 0 Å². The standard InChI is InChI=1S/C16H14ClNO/c17-12-5-6-14(15(18)9-12)16(19)8-11-7-10-3-1-2-4-13(10)11/h1-6,9,11H,7-8,18H2. The first kappa shape index (κ1) is 12.2. The average Bonchev–Trinajstić information content (AvgIpc) is 2.35. The van der Waals surface area contributed by atoms with Gasteiger partial charge in [0.05, 0.1) is 0 Å². The summed E-state index contributed by atoms with van der Waals surface area (Å²) in [4.78, 5) is 12.3. The van der Waals surface area contributed by atoms with Gasteiger partial charge in [-0.2, -0.15) is 0 Å². The molecule has 1 atom stereocenters. The second kappa shape index (κ2) is 4.71. The van der Waals surface area contributed by atoms with Gasteiger partial charge in [0, 0.05) is 22.7 Å². The quantitative estimate of drug-likeness (QED) is 0.681. The maximum Gasteiger partial charge on any atom is 0.165 e. The van der Waals surface area contributed by atoms with Crippen LogP contribution in [0, 0.1) is 0 Å². The number of Topliss-reactive ketones (excluding diaryl/α,β-unsaturated/α-hetero) is 1. The fraction of sp³-hybridized carbons (Fsp3) is 0.188. The number of carbonyl (C=O) groups is 1. The molecule has 0 heterocycles. The molecule has 3 rings (SSSR count). The number of ketones is 1. The summed E-state index contributed by atoms with van der Waals surface area (Å²) < 4.78 is 0. The summed E-state index contributed by atoms with van der Waals surface area (Å²) in [6.07, 6.45) is 1.50. The first-order valence-corrected chi connectivity index (χ1v) is 6.69. The highest BCUT2D eigenvalue weighted by molar-refractivity contribution is 6.31. The van der Waals surface area contributed by atoms with Gasteiger partial charge in [0.25, 0.3) is 0 Å². The van der Waals surface area contributed by atoms with Gasteiger partial charge < -0.3 is 5.73 Å². The Balaban J connectivity index is 1.77. The smallest absolute Gasteiger partial charge is 0.165 e. The molecule has 3 heteroatoms. The maximum absolute atomic E-state index is 12.3. The molecule has 1 aliphatic carbocycles. The molecule has 2 aromatic rings. The Labute approximate surface area is 117 Å². The van der Waals surface area contributed by atoms with E-state index >= 15 is 0 Å². The van der Waals surface area contributed by atoms with Crippen LogP contribution in [0.4, 0.5) is 5.69 Å². The van der Waals surface area contributed by atoms with Crippen molar-refractivity contribution in [2.24, 2.45) is 0 Å². The maximum atomic E-state index is 12.3. The number of nitrogens with two attached hydrogens (primary N) is 1. The topological polar surface area (TPSA) is 43.1 Å². The van der Waals surface area contributed by atoms with Crippen molar-refractivity contribution in [3.63, 3.8) is 0 Å². The molecule has 0 radical (unpaired) electrons. The van der Waals surface area contributed by atoms with Crippen molar-refractivity contribution in [2.75, 3.05) is 5.73 Å². The molecule has 0 fully saturated rings. The fourth-order valence-corrected chi connectivity index (χ4v) is 2.85. The predicted molar refractivity (Wildman–Crippen MR) is 77.7 cm³/mol. The number of carbonyl (C=O) groups excluding carboxylic acids is 1. The van der Waals surface area contributed by atoms with Crippen molar-refractivity contribution in [2.45, 2.75) is 18.8 Å². The van der Waals surface area contributed by atoms with E-state index in [4.69, 9.17) is 17.3 Å². The van der Waals surface area contributed by atoms with Gasteiger partial charge in [0.1, 0.15) is 0 Å². The highest BCUT2D eigenvalue weighted by Crippen LogP contribution is 2.38. The number of benzene rings is 2. The minimum absolute atomic E-state index is 0.0914. The lowest BCUT2D eigenvalue weighted by Gasteiger charge is -2.29. The van der Waals surface area contributed by atoms with Crippen LogP contribution in [-0.4, -0.2) is 5.78 Å². The Bertz CT molecular complexity index is 651. The summed E-state index contributed by atoms with van der Waals surface area (Å²) in [6, 6.07) is 13.3. The van der Waals surface area contributed by atoms with Gasteiger partial charge >= 0.3 is 0 Å². The zero-order valence-electron chi connectivity index (χ0n) is 10.4. The Kier molecular flexibility index (Phi) is 3.03. The summed E-state index contributed by atoms with van der Waals surface area (Å²) in [7, 11) is 0. The summed E-state index contributed by atoms with van der Waals surface area (Å²) in [5.41, 5.74) is 9.53. The van der Waals surface area contributed by atoms with Gasteiger partial charge in [0.2, 0.25) is 0 Å². The summed E-state index contributed by atoms with van der Waals surface area (Å²) in [6.45, 7) is 0. The van der Waals surface area contributed by atoms with Crippen LogP contribution in [0.15, 0.2) is 42.5 Å². The number of anilines is 1. The molecule has 96 valence electrons. The SMILES string of the molecule is Nc1cc(Cl)ccc1C(=O)CC1Cc2ccccc21. The van der Waals surface area contributed by atoms with Crippen LogP contribution in [0.3, 0.4) is 0 Å². The Hall–Kier alpha value is -1.80. The second-order valence-corrected chi connectivity index (χ2v) is 5.40. The number of hydrogen-bond acceptors (Lipinski definition) is 2. The van der Waals surface area contributed by atoms with Crippen LogP contribution in [0.2, 0.25) is 5.02 Å². The highest BCUT2D eigenvalue weighted by Gasteiger charge is 2.28. The van der Waals surface area contributed by atoms with Crippen molar-refractivity contribution < 1.29 is 4.79 Å². The van der Waals surface area contributed by atoms with Crippen molar-refractivity contribution >= 4 is 23.1 Å². The lowest BCUT2D eigenvalue weighted by molar-refractivity contribution is 0.0971.